The first-order valence-electron chi connectivity index (χ1n) is 5.83. The Morgan fingerprint density at radius 2 is 1.83 bits per heavy atom. The Labute approximate surface area is 110 Å². The van der Waals surface area contributed by atoms with Gasteiger partial charge in [-0.25, -0.2) is 0 Å². The number of nitrogens with one attached hydrogen (secondary N) is 1. The van der Waals surface area contributed by atoms with Crippen LogP contribution in [0.25, 0.3) is 0 Å². The van der Waals surface area contributed by atoms with Gasteiger partial charge in [0.1, 0.15) is 0 Å². The fourth-order valence-electron chi connectivity index (χ4n) is 1.70. The first-order chi connectivity index (χ1) is 8.32. The SMILES string of the molecule is CCC(C)(CCCl)Nc1ccccc1C(F)(F)F. The van der Waals surface area contributed by atoms with Crippen LogP contribution in [0.4, 0.5) is 18.9 Å². The minimum Gasteiger partial charge on any atom is -0.379 e. The van der Waals surface area contributed by atoms with Crippen LogP contribution in [-0.2, 0) is 6.18 Å². The van der Waals surface area contributed by atoms with Crippen molar-refractivity contribution in [2.75, 3.05) is 11.2 Å². The summed E-state index contributed by atoms with van der Waals surface area (Å²) in [6.45, 7) is 3.80. The molecule has 0 aliphatic heterocycles. The van der Waals surface area contributed by atoms with Crippen LogP contribution in [0.3, 0.4) is 0 Å². The van der Waals surface area contributed by atoms with E-state index in [2.05, 4.69) is 5.32 Å². The normalized spacial score (nSPS) is 15.2. The first kappa shape index (κ1) is 15.2. The van der Waals surface area contributed by atoms with Crippen LogP contribution in [0.5, 0.6) is 0 Å². The number of benzene rings is 1. The van der Waals surface area contributed by atoms with Gasteiger partial charge in [0.2, 0.25) is 0 Å². The zero-order chi connectivity index (χ0) is 13.8. The summed E-state index contributed by atoms with van der Waals surface area (Å²) in [7, 11) is 0. The van der Waals surface area contributed by atoms with Crippen molar-refractivity contribution in [3.05, 3.63) is 29.8 Å². The van der Waals surface area contributed by atoms with Crippen molar-refractivity contribution in [2.45, 2.75) is 38.4 Å². The quantitative estimate of drug-likeness (QED) is 0.755. The zero-order valence-electron chi connectivity index (χ0n) is 10.4. The molecule has 0 heterocycles. The highest BCUT2D eigenvalue weighted by atomic mass is 35.5. The fraction of sp³-hybridized carbons (Fsp3) is 0.538. The van der Waals surface area contributed by atoms with E-state index in [0.29, 0.717) is 18.7 Å². The second kappa shape index (κ2) is 5.83. The van der Waals surface area contributed by atoms with E-state index in [1.165, 1.54) is 12.1 Å². The third-order valence-electron chi connectivity index (χ3n) is 3.10. The van der Waals surface area contributed by atoms with Crippen LogP contribution in [0.15, 0.2) is 24.3 Å². The average molecular weight is 280 g/mol. The lowest BCUT2D eigenvalue weighted by Crippen LogP contribution is -2.35. The van der Waals surface area contributed by atoms with E-state index in [1.54, 1.807) is 6.07 Å². The molecule has 1 nitrogen and oxygen atoms in total. The Balaban J connectivity index is 3.04. The Kier molecular flexibility index (Phi) is 4.91. The molecule has 0 saturated carbocycles. The Morgan fingerprint density at radius 1 is 1.22 bits per heavy atom. The van der Waals surface area contributed by atoms with Crippen LogP contribution in [0, 0.1) is 0 Å². The highest BCUT2D eigenvalue weighted by molar-refractivity contribution is 6.17. The molecule has 0 aliphatic rings. The van der Waals surface area contributed by atoms with E-state index >= 15 is 0 Å². The van der Waals surface area contributed by atoms with Crippen molar-refractivity contribution >= 4 is 17.3 Å². The van der Waals surface area contributed by atoms with E-state index in [-0.39, 0.29) is 5.69 Å². The van der Waals surface area contributed by atoms with Crippen LogP contribution in [-0.4, -0.2) is 11.4 Å². The maximum Gasteiger partial charge on any atom is 0.418 e. The van der Waals surface area contributed by atoms with Crippen molar-refractivity contribution in [1.29, 1.82) is 0 Å². The van der Waals surface area contributed by atoms with Crippen molar-refractivity contribution in [2.24, 2.45) is 0 Å². The Hall–Kier alpha value is -0.900. The van der Waals surface area contributed by atoms with Crippen molar-refractivity contribution < 1.29 is 13.2 Å². The molecule has 0 amide bonds. The molecule has 0 aromatic heterocycles. The molecule has 1 aromatic rings. The summed E-state index contributed by atoms with van der Waals surface area (Å²) in [5.74, 6) is 0.408. The molecule has 1 N–H and O–H groups in total. The lowest BCUT2D eigenvalue weighted by atomic mass is 9.94. The molecule has 5 heteroatoms. The van der Waals surface area contributed by atoms with Gasteiger partial charge in [-0.2, -0.15) is 13.2 Å². The van der Waals surface area contributed by atoms with Gasteiger partial charge in [0.05, 0.1) is 5.56 Å². The number of halogens is 4. The number of hydrogen-bond donors (Lipinski definition) is 1. The molecule has 1 aromatic carbocycles. The van der Waals surface area contributed by atoms with E-state index in [1.807, 2.05) is 13.8 Å². The van der Waals surface area contributed by atoms with Crippen LogP contribution in [0.2, 0.25) is 0 Å². The number of alkyl halides is 4. The lowest BCUT2D eigenvalue weighted by Gasteiger charge is -2.31. The maximum atomic E-state index is 12.8. The molecule has 1 unspecified atom stereocenters. The third-order valence-corrected chi connectivity index (χ3v) is 3.28. The number of anilines is 1. The van der Waals surface area contributed by atoms with E-state index in [9.17, 15) is 13.2 Å². The fourth-order valence-corrected chi connectivity index (χ4v) is 2.12. The molecule has 0 bridgehead atoms. The Morgan fingerprint density at radius 3 is 2.33 bits per heavy atom. The monoisotopic (exact) mass is 279 g/mol. The highest BCUT2D eigenvalue weighted by Crippen LogP contribution is 2.36. The summed E-state index contributed by atoms with van der Waals surface area (Å²) >= 11 is 5.70. The average Bonchev–Trinajstić information content (AvgIpc) is 2.28. The topological polar surface area (TPSA) is 12.0 Å². The smallest absolute Gasteiger partial charge is 0.379 e. The van der Waals surface area contributed by atoms with E-state index < -0.39 is 17.3 Å². The standard InChI is InChI=1S/C13H17ClF3N/c1-3-12(2,8-9-14)18-11-7-5-4-6-10(11)13(15,16)17/h4-7,18H,3,8-9H2,1-2H3. The summed E-state index contributed by atoms with van der Waals surface area (Å²) in [5.41, 5.74) is -0.956. The van der Waals surface area contributed by atoms with Gasteiger partial charge in [0, 0.05) is 17.1 Å². The largest absolute Gasteiger partial charge is 0.418 e. The first-order valence-corrected chi connectivity index (χ1v) is 6.36. The van der Waals surface area contributed by atoms with Gasteiger partial charge in [-0.05, 0) is 31.9 Å². The van der Waals surface area contributed by atoms with Crippen LogP contribution in [0.1, 0.15) is 32.3 Å². The molecule has 0 spiro atoms. The third kappa shape index (κ3) is 3.80. The zero-order valence-corrected chi connectivity index (χ0v) is 11.2. The van der Waals surface area contributed by atoms with Gasteiger partial charge in [0.15, 0.2) is 0 Å². The molecule has 102 valence electrons. The van der Waals surface area contributed by atoms with Gasteiger partial charge in [-0.3, -0.25) is 0 Å². The van der Waals surface area contributed by atoms with Crippen molar-refractivity contribution in [1.82, 2.24) is 0 Å². The van der Waals surface area contributed by atoms with Crippen molar-refractivity contribution in [3.8, 4) is 0 Å². The van der Waals surface area contributed by atoms with E-state index in [0.717, 1.165) is 6.07 Å². The van der Waals surface area contributed by atoms with Gasteiger partial charge < -0.3 is 5.32 Å². The van der Waals surface area contributed by atoms with Crippen molar-refractivity contribution in [3.63, 3.8) is 0 Å². The minimum atomic E-state index is -4.35. The maximum absolute atomic E-state index is 12.8. The molecule has 1 atom stereocenters. The predicted octanol–water partition coefficient (Wildman–Crippen LogP) is 4.91. The minimum absolute atomic E-state index is 0.111. The second-order valence-corrected chi connectivity index (χ2v) is 4.90. The molecule has 0 saturated heterocycles. The second-order valence-electron chi connectivity index (χ2n) is 4.52. The van der Waals surface area contributed by atoms with Crippen LogP contribution < -0.4 is 5.32 Å². The molecular formula is C13H17ClF3N. The van der Waals surface area contributed by atoms with Crippen LogP contribution >= 0.6 is 11.6 Å². The molecular weight excluding hydrogens is 263 g/mol. The van der Waals surface area contributed by atoms with Gasteiger partial charge in [0.25, 0.3) is 0 Å². The summed E-state index contributed by atoms with van der Waals surface area (Å²) in [6, 6.07) is 5.51. The summed E-state index contributed by atoms with van der Waals surface area (Å²) < 4.78 is 38.5. The Bertz CT molecular complexity index is 392. The molecule has 0 radical (unpaired) electrons. The predicted molar refractivity (Wildman–Crippen MR) is 69.1 cm³/mol. The molecule has 0 fully saturated rings. The number of rotatable bonds is 5. The lowest BCUT2D eigenvalue weighted by molar-refractivity contribution is -0.137. The van der Waals surface area contributed by atoms with Gasteiger partial charge in [-0.1, -0.05) is 19.1 Å². The summed E-state index contributed by atoms with van der Waals surface area (Å²) in [6.07, 6.45) is -3.04. The van der Waals surface area contributed by atoms with Gasteiger partial charge in [-0.15, -0.1) is 11.6 Å². The summed E-state index contributed by atoms with van der Waals surface area (Å²) in [4.78, 5) is 0. The molecule has 18 heavy (non-hydrogen) atoms. The summed E-state index contributed by atoms with van der Waals surface area (Å²) in [5, 5.41) is 2.98. The number of para-hydroxylation sites is 1. The highest BCUT2D eigenvalue weighted by Gasteiger charge is 2.34. The molecule has 0 aliphatic carbocycles. The number of hydrogen-bond acceptors (Lipinski definition) is 1. The van der Waals surface area contributed by atoms with E-state index in [4.69, 9.17) is 11.6 Å². The van der Waals surface area contributed by atoms with Gasteiger partial charge >= 0.3 is 6.18 Å². The molecule has 1 rings (SSSR count).